The first-order chi connectivity index (χ1) is 13.1. The van der Waals surface area contributed by atoms with E-state index in [-0.39, 0.29) is 11.9 Å². The van der Waals surface area contributed by atoms with Crippen molar-refractivity contribution in [2.45, 2.75) is 51.9 Å². The number of amides is 1. The van der Waals surface area contributed by atoms with Crippen LogP contribution in [0.1, 0.15) is 42.1 Å². The first kappa shape index (κ1) is 20.4. The number of carbonyl (C=O) groups excluding carboxylic acids is 1. The molecule has 1 heterocycles. The number of carbonyl (C=O) groups is 1. The predicted molar refractivity (Wildman–Crippen MR) is 112 cm³/mol. The lowest BCUT2D eigenvalue weighted by Gasteiger charge is -2.44. The van der Waals surface area contributed by atoms with Gasteiger partial charge in [0.25, 0.3) is 0 Å². The van der Waals surface area contributed by atoms with Crippen molar-refractivity contribution in [2.75, 3.05) is 19.4 Å². The number of nitrogens with one attached hydrogen (secondary N) is 1. The van der Waals surface area contributed by atoms with E-state index < -0.39 is 11.7 Å². The van der Waals surface area contributed by atoms with Crippen molar-refractivity contribution in [1.82, 2.24) is 4.90 Å². The maximum Gasteiger partial charge on any atom is 0.228 e. The summed E-state index contributed by atoms with van der Waals surface area (Å²) < 4.78 is 6.07. The molecule has 1 aliphatic heterocycles. The van der Waals surface area contributed by atoms with Crippen molar-refractivity contribution in [2.24, 2.45) is 0 Å². The fourth-order valence-electron chi connectivity index (χ4n) is 3.69. The predicted octanol–water partition coefficient (Wildman–Crippen LogP) is 3.62. The highest BCUT2D eigenvalue weighted by Gasteiger charge is 2.44. The molecule has 1 amide bonds. The maximum absolute atomic E-state index is 12.6. The van der Waals surface area contributed by atoms with E-state index in [1.165, 1.54) is 5.56 Å². The third-order valence-electron chi connectivity index (χ3n) is 5.38. The van der Waals surface area contributed by atoms with Gasteiger partial charge in [0.2, 0.25) is 5.91 Å². The first-order valence-electron chi connectivity index (χ1n) is 9.62. The number of ether oxygens (including phenoxy) is 1. The Labute approximate surface area is 167 Å². The molecule has 0 saturated carbocycles. The molecule has 0 aromatic heterocycles. The molecule has 0 aliphatic carbocycles. The fraction of sp³-hybridized carbons (Fsp3) is 0.435. The smallest absolute Gasteiger partial charge is 0.228 e. The van der Waals surface area contributed by atoms with Gasteiger partial charge in [0, 0.05) is 11.3 Å². The molecule has 2 N–H and O–H groups in total. The quantitative estimate of drug-likeness (QED) is 0.848. The standard InChI is InChI=1S/C23H30N2O3/c1-14-7-9-16(10-8-14)12-20(26)24-18-13-17-19(11-15(18)2)28-23(3,4)22(27)21(17)25(5)6/h7-11,13,21-22,27H,12H2,1-6H3,(H,24,26)/t21-,22+/m0/s1. The molecule has 150 valence electrons. The van der Waals surface area contributed by atoms with Crippen LogP contribution in [0.2, 0.25) is 0 Å². The van der Waals surface area contributed by atoms with Crippen LogP contribution in [0.25, 0.3) is 0 Å². The molecule has 0 radical (unpaired) electrons. The minimum Gasteiger partial charge on any atom is -0.485 e. The largest absolute Gasteiger partial charge is 0.485 e. The minimum atomic E-state index is -0.690. The highest BCUT2D eigenvalue weighted by atomic mass is 16.5. The van der Waals surface area contributed by atoms with Crippen molar-refractivity contribution in [3.8, 4) is 5.75 Å². The molecule has 1 aliphatic rings. The highest BCUT2D eigenvalue weighted by molar-refractivity contribution is 5.93. The lowest BCUT2D eigenvalue weighted by molar-refractivity contribution is -0.115. The Hall–Kier alpha value is -2.37. The molecule has 0 fully saturated rings. The number of likely N-dealkylation sites (N-methyl/N-ethyl adjacent to an activating group) is 1. The van der Waals surface area contributed by atoms with Crippen molar-refractivity contribution < 1.29 is 14.6 Å². The molecule has 2 aromatic rings. The van der Waals surface area contributed by atoms with Gasteiger partial charge in [-0.25, -0.2) is 0 Å². The third kappa shape index (κ3) is 4.05. The molecule has 0 unspecified atom stereocenters. The van der Waals surface area contributed by atoms with Crippen LogP contribution >= 0.6 is 0 Å². The van der Waals surface area contributed by atoms with Crippen LogP contribution in [0.15, 0.2) is 36.4 Å². The summed E-state index contributed by atoms with van der Waals surface area (Å²) in [6, 6.07) is 11.6. The number of aliphatic hydroxyl groups is 1. The molecule has 0 bridgehead atoms. The molecular formula is C23H30N2O3. The second-order valence-electron chi connectivity index (χ2n) is 8.47. The number of fused-ring (bicyclic) bond motifs is 1. The van der Waals surface area contributed by atoms with Crippen LogP contribution in [0, 0.1) is 13.8 Å². The van der Waals surface area contributed by atoms with Gasteiger partial charge in [-0.2, -0.15) is 0 Å². The number of anilines is 1. The SMILES string of the molecule is Cc1ccc(CC(=O)Nc2cc3c(cc2C)OC(C)(C)[C@H](O)[C@H]3N(C)C)cc1. The highest BCUT2D eigenvalue weighted by Crippen LogP contribution is 2.44. The zero-order valence-electron chi connectivity index (χ0n) is 17.5. The number of nitrogens with zero attached hydrogens (tertiary/aromatic N) is 1. The van der Waals surface area contributed by atoms with Crippen LogP contribution in [-0.4, -0.2) is 41.7 Å². The summed E-state index contributed by atoms with van der Waals surface area (Å²) in [6.07, 6.45) is -0.367. The van der Waals surface area contributed by atoms with E-state index in [2.05, 4.69) is 5.32 Å². The van der Waals surface area contributed by atoms with Crippen LogP contribution in [0.3, 0.4) is 0 Å². The van der Waals surface area contributed by atoms with E-state index in [0.29, 0.717) is 6.42 Å². The van der Waals surface area contributed by atoms with E-state index in [9.17, 15) is 9.90 Å². The van der Waals surface area contributed by atoms with Gasteiger partial charge < -0.3 is 15.2 Å². The zero-order valence-corrected chi connectivity index (χ0v) is 17.5. The molecule has 0 spiro atoms. The van der Waals surface area contributed by atoms with Crippen LogP contribution < -0.4 is 10.1 Å². The number of aryl methyl sites for hydroxylation is 2. The number of hydrogen-bond donors (Lipinski definition) is 2. The minimum absolute atomic E-state index is 0.0640. The maximum atomic E-state index is 12.6. The third-order valence-corrected chi connectivity index (χ3v) is 5.38. The van der Waals surface area contributed by atoms with E-state index in [1.54, 1.807) is 0 Å². The molecule has 5 heteroatoms. The second-order valence-corrected chi connectivity index (χ2v) is 8.47. The summed E-state index contributed by atoms with van der Waals surface area (Å²) in [5.41, 5.74) is 4.02. The Balaban J connectivity index is 1.87. The van der Waals surface area contributed by atoms with Crippen LogP contribution in [0.5, 0.6) is 5.75 Å². The monoisotopic (exact) mass is 382 g/mol. The second kappa shape index (κ2) is 7.57. The molecular weight excluding hydrogens is 352 g/mol. The zero-order chi connectivity index (χ0) is 20.6. The van der Waals surface area contributed by atoms with Crippen LogP contribution in [0.4, 0.5) is 5.69 Å². The van der Waals surface area contributed by atoms with Crippen LogP contribution in [-0.2, 0) is 11.2 Å². The average Bonchev–Trinajstić information content (AvgIpc) is 2.59. The van der Waals surface area contributed by atoms with E-state index in [1.807, 2.05) is 83.1 Å². The van der Waals surface area contributed by atoms with E-state index in [4.69, 9.17) is 4.74 Å². The lowest BCUT2D eigenvalue weighted by atomic mass is 9.85. The summed E-state index contributed by atoms with van der Waals surface area (Å²) in [5, 5.41) is 13.8. The summed E-state index contributed by atoms with van der Waals surface area (Å²) in [6.45, 7) is 7.76. The van der Waals surface area contributed by atoms with E-state index >= 15 is 0 Å². The summed E-state index contributed by atoms with van der Waals surface area (Å²) >= 11 is 0. The Kier molecular flexibility index (Phi) is 5.50. The first-order valence-corrected chi connectivity index (χ1v) is 9.62. The molecule has 2 aromatic carbocycles. The van der Waals surface area contributed by atoms with Gasteiger partial charge in [0.15, 0.2) is 0 Å². The number of rotatable bonds is 4. The normalized spacial score (nSPS) is 20.4. The molecule has 0 saturated heterocycles. The number of aliphatic hydroxyl groups excluding tert-OH is 1. The molecule has 3 rings (SSSR count). The van der Waals surface area contributed by atoms with Gasteiger partial charge in [-0.1, -0.05) is 29.8 Å². The summed E-state index contributed by atoms with van der Waals surface area (Å²) in [4.78, 5) is 14.6. The lowest BCUT2D eigenvalue weighted by Crippen LogP contribution is -2.52. The molecule has 28 heavy (non-hydrogen) atoms. The Bertz CT molecular complexity index is 872. The van der Waals surface area contributed by atoms with Gasteiger partial charge in [0.1, 0.15) is 17.5 Å². The average molecular weight is 383 g/mol. The molecule has 2 atom stereocenters. The van der Waals surface area contributed by atoms with Gasteiger partial charge in [-0.05, 0) is 65.0 Å². The van der Waals surface area contributed by atoms with Crippen molar-refractivity contribution in [3.05, 3.63) is 58.7 Å². The molecule has 5 nitrogen and oxygen atoms in total. The summed E-state index contributed by atoms with van der Waals surface area (Å²) in [5.74, 6) is 0.689. The fourth-order valence-corrected chi connectivity index (χ4v) is 3.69. The van der Waals surface area contributed by atoms with Gasteiger partial charge >= 0.3 is 0 Å². The Morgan fingerprint density at radius 1 is 1.18 bits per heavy atom. The number of hydrogen-bond acceptors (Lipinski definition) is 4. The topological polar surface area (TPSA) is 61.8 Å². The van der Waals surface area contributed by atoms with Gasteiger partial charge in [-0.3, -0.25) is 9.69 Å². The van der Waals surface area contributed by atoms with E-state index in [0.717, 1.165) is 28.1 Å². The van der Waals surface area contributed by atoms with Crippen molar-refractivity contribution in [1.29, 1.82) is 0 Å². The number of benzene rings is 2. The van der Waals surface area contributed by atoms with Gasteiger partial charge in [-0.15, -0.1) is 0 Å². The van der Waals surface area contributed by atoms with Crippen molar-refractivity contribution in [3.63, 3.8) is 0 Å². The Morgan fingerprint density at radius 2 is 1.82 bits per heavy atom. The summed E-state index contributed by atoms with van der Waals surface area (Å²) in [7, 11) is 3.88. The van der Waals surface area contributed by atoms with Gasteiger partial charge in [0.05, 0.1) is 12.5 Å². The Morgan fingerprint density at radius 3 is 2.43 bits per heavy atom. The van der Waals surface area contributed by atoms with Crippen molar-refractivity contribution >= 4 is 11.6 Å².